The standard InChI is InChI=1S/C2H5I.CH2O3.2Cs/c1-2-3;2-1(3)4;;/h2H2,1H3;(H2,2,3,4);;/q;;2*+1/p-2. The Hall–Kier alpha value is 4.10. The normalized spacial score (nSPS) is 4.67. The Labute approximate surface area is 186 Å². The predicted octanol–water partition coefficient (Wildman–Crippen LogP) is -7.00. The van der Waals surface area contributed by atoms with Crippen LogP contribution in [0, 0.1) is 0 Å². The molecule has 9 heavy (non-hydrogen) atoms. The second-order valence-corrected chi connectivity index (χ2v) is 2.04. The first-order valence-electron chi connectivity index (χ1n) is 1.59. The molecular formula is C3H5Cs2IO3. The van der Waals surface area contributed by atoms with Crippen LogP contribution in [-0.2, 0) is 0 Å². The third-order valence-electron chi connectivity index (χ3n) is 0. The summed E-state index contributed by atoms with van der Waals surface area (Å²) in [4.78, 5) is 8.33. The number of hydrogen-bond donors (Lipinski definition) is 0. The fraction of sp³-hybridized carbons (Fsp3) is 0.667. The van der Waals surface area contributed by atoms with Crippen LogP contribution < -0.4 is 148 Å². The van der Waals surface area contributed by atoms with Crippen molar-refractivity contribution in [3.05, 3.63) is 0 Å². The Kier molecular flexibility index (Phi) is 58.5. The smallest absolute Gasteiger partial charge is 0.652 e. The van der Waals surface area contributed by atoms with Crippen LogP contribution in [0.2, 0.25) is 0 Å². The van der Waals surface area contributed by atoms with Crippen molar-refractivity contribution in [1.82, 2.24) is 0 Å². The minimum atomic E-state index is -2.33. The van der Waals surface area contributed by atoms with Gasteiger partial charge < -0.3 is 15.0 Å². The van der Waals surface area contributed by atoms with Crippen LogP contribution in [-0.4, -0.2) is 10.6 Å². The fourth-order valence-corrected chi connectivity index (χ4v) is 0. The molecule has 0 aliphatic carbocycles. The molecule has 0 atom stereocenters. The molecule has 0 N–H and O–H groups in total. The zero-order valence-corrected chi connectivity index (χ0v) is 20.5. The molecule has 0 aromatic heterocycles. The molecule has 0 fully saturated rings. The summed E-state index contributed by atoms with van der Waals surface area (Å²) in [6, 6.07) is 0. The predicted molar refractivity (Wildman–Crippen MR) is 30.0 cm³/mol. The molecule has 44 valence electrons. The summed E-state index contributed by atoms with van der Waals surface area (Å²) >= 11 is 2.29. The monoisotopic (exact) mass is 482 g/mol. The Morgan fingerprint density at radius 2 is 1.44 bits per heavy atom. The van der Waals surface area contributed by atoms with Gasteiger partial charge in [-0.25, -0.2) is 0 Å². The van der Waals surface area contributed by atoms with Crippen LogP contribution in [0.1, 0.15) is 6.92 Å². The average Bonchev–Trinajstić information content (AvgIpc) is 1.33. The zero-order chi connectivity index (χ0) is 6.28. The molecule has 3 nitrogen and oxygen atoms in total. The second-order valence-electron chi connectivity index (χ2n) is 0.517. The largest absolute Gasteiger partial charge is 1.00 e. The van der Waals surface area contributed by atoms with E-state index in [4.69, 9.17) is 15.0 Å². The molecule has 0 heterocycles. The van der Waals surface area contributed by atoms with Crippen molar-refractivity contribution >= 4 is 28.7 Å². The van der Waals surface area contributed by atoms with Crippen molar-refractivity contribution in [2.75, 3.05) is 4.43 Å². The van der Waals surface area contributed by atoms with Crippen LogP contribution in [0.15, 0.2) is 0 Å². The molecule has 0 spiro atoms. The van der Waals surface area contributed by atoms with E-state index in [0.29, 0.717) is 0 Å². The van der Waals surface area contributed by atoms with Crippen LogP contribution in [0.5, 0.6) is 0 Å². The maximum atomic E-state index is 8.33. The van der Waals surface area contributed by atoms with Gasteiger partial charge in [-0.3, -0.25) is 0 Å². The Bertz CT molecular complexity index is 48.3. The number of hydrogen-bond acceptors (Lipinski definition) is 3. The number of carbonyl (C=O) groups excluding carboxylic acids is 1. The van der Waals surface area contributed by atoms with Crippen molar-refractivity contribution in [1.29, 1.82) is 0 Å². The van der Waals surface area contributed by atoms with Gasteiger partial charge in [-0.2, -0.15) is 0 Å². The summed E-state index contributed by atoms with van der Waals surface area (Å²) in [5, 5.41) is 16.7. The number of rotatable bonds is 0. The van der Waals surface area contributed by atoms with Crippen LogP contribution in [0.25, 0.3) is 0 Å². The van der Waals surface area contributed by atoms with Gasteiger partial charge in [-0.15, -0.1) is 0 Å². The van der Waals surface area contributed by atoms with Gasteiger partial charge in [-0.1, -0.05) is 29.5 Å². The van der Waals surface area contributed by atoms with Gasteiger partial charge >= 0.3 is 138 Å². The van der Waals surface area contributed by atoms with Crippen LogP contribution in [0.4, 0.5) is 4.79 Å². The van der Waals surface area contributed by atoms with E-state index < -0.39 is 6.16 Å². The number of halogens is 1. The van der Waals surface area contributed by atoms with Gasteiger partial charge in [-0.05, 0) is 10.6 Å². The first kappa shape index (κ1) is 23.2. The third-order valence-corrected chi connectivity index (χ3v) is 0. The Balaban J connectivity index is -0.0000000233. The molecule has 6 heteroatoms. The molecule has 0 rings (SSSR count). The van der Waals surface area contributed by atoms with E-state index in [1.807, 2.05) is 0 Å². The number of carboxylic acid groups (broad SMARTS) is 2. The molecular weight excluding hydrogens is 477 g/mol. The van der Waals surface area contributed by atoms with Gasteiger partial charge in [0.25, 0.3) is 0 Å². The first-order chi connectivity index (χ1) is 3.15. The number of alkyl halides is 1. The van der Waals surface area contributed by atoms with Crippen LogP contribution >= 0.6 is 22.6 Å². The van der Waals surface area contributed by atoms with E-state index in [1.54, 1.807) is 0 Å². The van der Waals surface area contributed by atoms with Crippen molar-refractivity contribution in [2.24, 2.45) is 0 Å². The van der Waals surface area contributed by atoms with E-state index in [1.165, 1.54) is 4.43 Å². The summed E-state index contributed by atoms with van der Waals surface area (Å²) in [5.74, 6) is 0. The van der Waals surface area contributed by atoms with E-state index in [-0.39, 0.29) is 138 Å². The topological polar surface area (TPSA) is 63.2 Å². The minimum absolute atomic E-state index is 0. The SMILES string of the molecule is CCI.O=C([O-])[O-].[Cs+].[Cs+]. The summed E-state index contributed by atoms with van der Waals surface area (Å²) in [6.07, 6.45) is -2.33. The second kappa shape index (κ2) is 22.7. The number of carbonyl (C=O) groups is 1. The summed E-state index contributed by atoms with van der Waals surface area (Å²) in [7, 11) is 0. The first-order valence-corrected chi connectivity index (χ1v) is 3.11. The zero-order valence-electron chi connectivity index (χ0n) is 5.81. The Morgan fingerprint density at radius 1 is 1.44 bits per heavy atom. The molecule has 0 aromatic rings. The molecule has 0 amide bonds. The fourth-order valence-electron chi connectivity index (χ4n) is 0. The Morgan fingerprint density at radius 3 is 1.44 bits per heavy atom. The summed E-state index contributed by atoms with van der Waals surface area (Å²) in [5.41, 5.74) is 0. The maximum absolute atomic E-state index is 8.33. The molecule has 0 aromatic carbocycles. The van der Waals surface area contributed by atoms with Gasteiger partial charge in [0.2, 0.25) is 0 Å². The molecule has 0 aliphatic heterocycles. The van der Waals surface area contributed by atoms with Gasteiger partial charge in [0.1, 0.15) is 0 Å². The van der Waals surface area contributed by atoms with E-state index >= 15 is 0 Å². The third kappa shape index (κ3) is 73.4. The molecule has 0 bridgehead atoms. The van der Waals surface area contributed by atoms with Crippen LogP contribution in [0.3, 0.4) is 0 Å². The molecule has 0 saturated heterocycles. The molecule has 0 saturated carbocycles. The molecule has 0 radical (unpaired) electrons. The van der Waals surface area contributed by atoms with Crippen molar-refractivity contribution in [3.8, 4) is 0 Å². The summed E-state index contributed by atoms with van der Waals surface area (Å²) in [6.45, 7) is 2.11. The summed E-state index contributed by atoms with van der Waals surface area (Å²) < 4.78 is 1.22. The average molecular weight is 482 g/mol. The van der Waals surface area contributed by atoms with Gasteiger partial charge in [0, 0.05) is 0 Å². The van der Waals surface area contributed by atoms with Gasteiger partial charge in [0.05, 0.1) is 0 Å². The molecule has 0 unspecified atom stereocenters. The minimum Gasteiger partial charge on any atom is -0.652 e. The molecule has 0 aliphatic rings. The van der Waals surface area contributed by atoms with Crippen molar-refractivity contribution in [2.45, 2.75) is 6.92 Å². The van der Waals surface area contributed by atoms with E-state index in [0.717, 1.165) is 0 Å². The van der Waals surface area contributed by atoms with Gasteiger partial charge in [0.15, 0.2) is 0 Å². The van der Waals surface area contributed by atoms with Crippen molar-refractivity contribution < 1.29 is 153 Å². The van der Waals surface area contributed by atoms with E-state index in [9.17, 15) is 0 Å². The maximum Gasteiger partial charge on any atom is 1.00 e. The quantitative estimate of drug-likeness (QED) is 0.255. The van der Waals surface area contributed by atoms with E-state index in [2.05, 4.69) is 29.5 Å². The van der Waals surface area contributed by atoms with Crippen molar-refractivity contribution in [3.63, 3.8) is 0 Å².